The Bertz CT molecular complexity index is 697. The largest absolute Gasteiger partial charge is 0.486 e. The van der Waals surface area contributed by atoms with Crippen LogP contribution in [0, 0.1) is 5.82 Å². The number of aryl methyl sites for hydroxylation is 1. The molecule has 0 saturated heterocycles. The highest BCUT2D eigenvalue weighted by molar-refractivity contribution is 5.94. The highest BCUT2D eigenvalue weighted by Crippen LogP contribution is 2.34. The molecule has 1 aliphatic carbocycles. The number of hydrogen-bond acceptors (Lipinski definition) is 2. The van der Waals surface area contributed by atoms with E-state index in [4.69, 9.17) is 4.74 Å². The molecule has 0 spiro atoms. The van der Waals surface area contributed by atoms with Crippen molar-refractivity contribution in [3.63, 3.8) is 0 Å². The number of fused-ring (bicyclic) bond motifs is 1. The first-order valence-electron chi connectivity index (χ1n) is 8.00. The molecule has 120 valence electrons. The molecular weight excluding hydrogens is 293 g/mol. The maximum absolute atomic E-state index is 13.5. The topological polar surface area (TPSA) is 38.3 Å². The highest BCUT2D eigenvalue weighted by atomic mass is 19.1. The Morgan fingerprint density at radius 1 is 1.26 bits per heavy atom. The van der Waals surface area contributed by atoms with Crippen molar-refractivity contribution < 1.29 is 13.9 Å². The van der Waals surface area contributed by atoms with Gasteiger partial charge in [-0.2, -0.15) is 0 Å². The minimum atomic E-state index is -0.231. The van der Waals surface area contributed by atoms with E-state index in [1.54, 1.807) is 30.3 Å². The van der Waals surface area contributed by atoms with E-state index in [0.29, 0.717) is 17.9 Å². The second-order valence-electron chi connectivity index (χ2n) is 5.73. The van der Waals surface area contributed by atoms with Crippen LogP contribution >= 0.6 is 0 Å². The summed E-state index contributed by atoms with van der Waals surface area (Å²) in [6, 6.07) is 12.0. The van der Waals surface area contributed by atoms with Gasteiger partial charge in [-0.25, -0.2) is 4.39 Å². The average molecular weight is 313 g/mol. The number of benzene rings is 2. The number of hydrogen-bond donors (Lipinski definition) is 1. The van der Waals surface area contributed by atoms with Crippen molar-refractivity contribution in [3.05, 3.63) is 65.0 Å². The fourth-order valence-electron chi connectivity index (χ4n) is 2.96. The van der Waals surface area contributed by atoms with Crippen molar-refractivity contribution in [1.82, 2.24) is 5.32 Å². The first kappa shape index (κ1) is 15.5. The first-order chi connectivity index (χ1) is 11.2. The average Bonchev–Trinajstić information content (AvgIpc) is 2.56. The van der Waals surface area contributed by atoms with Crippen molar-refractivity contribution in [1.29, 1.82) is 0 Å². The fourth-order valence-corrected chi connectivity index (χ4v) is 2.96. The van der Waals surface area contributed by atoms with Crippen LogP contribution in [0.25, 0.3) is 0 Å². The number of carbonyl (C=O) groups is 1. The third kappa shape index (κ3) is 3.52. The first-order valence-corrected chi connectivity index (χ1v) is 8.00. The Kier molecular flexibility index (Phi) is 4.60. The number of carbonyl (C=O) groups excluding carboxylic acids is 1. The number of nitrogens with one attached hydrogen (secondary N) is 1. The van der Waals surface area contributed by atoms with Crippen LogP contribution in [0.4, 0.5) is 4.39 Å². The van der Waals surface area contributed by atoms with Crippen molar-refractivity contribution in [2.75, 3.05) is 6.54 Å². The molecule has 3 rings (SSSR count). The van der Waals surface area contributed by atoms with Crippen LogP contribution in [-0.4, -0.2) is 12.5 Å². The number of rotatable bonds is 4. The van der Waals surface area contributed by atoms with E-state index in [2.05, 4.69) is 5.32 Å². The summed E-state index contributed by atoms with van der Waals surface area (Å²) < 4.78 is 19.6. The molecule has 1 N–H and O–H groups in total. The summed E-state index contributed by atoms with van der Waals surface area (Å²) in [5.41, 5.74) is 2.69. The Hall–Kier alpha value is -2.36. The summed E-state index contributed by atoms with van der Waals surface area (Å²) in [5, 5.41) is 2.76. The zero-order valence-electron chi connectivity index (χ0n) is 13.1. The van der Waals surface area contributed by atoms with Crippen molar-refractivity contribution >= 4 is 5.91 Å². The molecule has 2 aromatic carbocycles. The van der Waals surface area contributed by atoms with Gasteiger partial charge < -0.3 is 10.1 Å². The molecule has 0 heterocycles. The molecular formula is C19H20FNO2. The number of amides is 1. The zero-order chi connectivity index (χ0) is 16.2. The molecule has 2 aromatic rings. The van der Waals surface area contributed by atoms with Crippen LogP contribution in [0.3, 0.4) is 0 Å². The van der Waals surface area contributed by atoms with Crippen molar-refractivity contribution in [2.24, 2.45) is 0 Å². The zero-order valence-corrected chi connectivity index (χ0v) is 13.1. The van der Waals surface area contributed by atoms with E-state index in [-0.39, 0.29) is 17.8 Å². The lowest BCUT2D eigenvalue weighted by molar-refractivity contribution is 0.0955. The molecule has 4 heteroatoms. The minimum absolute atomic E-state index is 0.0934. The Morgan fingerprint density at radius 3 is 2.78 bits per heavy atom. The van der Waals surface area contributed by atoms with Crippen LogP contribution in [0.2, 0.25) is 0 Å². The maximum atomic E-state index is 13.5. The van der Waals surface area contributed by atoms with Crippen LogP contribution < -0.4 is 10.1 Å². The van der Waals surface area contributed by atoms with Gasteiger partial charge in [0.25, 0.3) is 5.91 Å². The van der Waals surface area contributed by atoms with Gasteiger partial charge in [0.05, 0.1) is 0 Å². The summed E-state index contributed by atoms with van der Waals surface area (Å²) in [6.07, 6.45) is 2.73. The summed E-state index contributed by atoms with van der Waals surface area (Å²) in [4.78, 5) is 11.8. The summed E-state index contributed by atoms with van der Waals surface area (Å²) in [6.45, 7) is 2.48. The van der Waals surface area contributed by atoms with Crippen LogP contribution in [0.1, 0.15) is 47.4 Å². The van der Waals surface area contributed by atoms with E-state index in [1.807, 2.05) is 13.0 Å². The van der Waals surface area contributed by atoms with E-state index in [0.717, 1.165) is 30.4 Å². The lowest BCUT2D eigenvalue weighted by Gasteiger charge is -2.26. The van der Waals surface area contributed by atoms with Gasteiger partial charge in [-0.1, -0.05) is 6.07 Å². The molecule has 0 unspecified atom stereocenters. The van der Waals surface area contributed by atoms with E-state index in [1.165, 1.54) is 6.07 Å². The van der Waals surface area contributed by atoms with E-state index in [9.17, 15) is 9.18 Å². The van der Waals surface area contributed by atoms with Gasteiger partial charge in [0.1, 0.15) is 17.7 Å². The third-order valence-corrected chi connectivity index (χ3v) is 4.10. The van der Waals surface area contributed by atoms with Crippen LogP contribution in [-0.2, 0) is 6.42 Å². The molecule has 0 fully saturated rings. The second-order valence-corrected chi connectivity index (χ2v) is 5.73. The number of halogens is 1. The van der Waals surface area contributed by atoms with Gasteiger partial charge in [-0.3, -0.25) is 4.79 Å². The normalized spacial score (nSPS) is 16.5. The van der Waals surface area contributed by atoms with Gasteiger partial charge >= 0.3 is 0 Å². The van der Waals surface area contributed by atoms with Gasteiger partial charge in [-0.15, -0.1) is 0 Å². The van der Waals surface area contributed by atoms with Crippen LogP contribution in [0.5, 0.6) is 5.75 Å². The third-order valence-electron chi connectivity index (χ3n) is 4.10. The van der Waals surface area contributed by atoms with E-state index >= 15 is 0 Å². The Balaban J connectivity index is 1.76. The second kappa shape index (κ2) is 6.82. The minimum Gasteiger partial charge on any atom is -0.486 e. The van der Waals surface area contributed by atoms with Gasteiger partial charge in [0.2, 0.25) is 0 Å². The maximum Gasteiger partial charge on any atom is 0.251 e. The quantitative estimate of drug-likeness (QED) is 0.925. The molecule has 0 radical (unpaired) electrons. The fraction of sp³-hybridized carbons (Fsp3) is 0.316. The molecule has 0 aromatic heterocycles. The van der Waals surface area contributed by atoms with Crippen LogP contribution in [0.15, 0.2) is 42.5 Å². The lowest BCUT2D eigenvalue weighted by atomic mass is 9.89. The molecule has 1 amide bonds. The summed E-state index contributed by atoms with van der Waals surface area (Å²) >= 11 is 0. The lowest BCUT2D eigenvalue weighted by Crippen LogP contribution is -2.22. The molecule has 0 saturated carbocycles. The standard InChI is InChI=1S/C19H20FNO2/c1-2-21-19(22)14-7-10-16(11-8-14)23-18-5-3-4-13-6-9-15(20)12-17(13)18/h6-12,18H,2-5H2,1H3,(H,21,22)/t18-/m0/s1. The Labute approximate surface area is 135 Å². The molecule has 0 bridgehead atoms. The highest BCUT2D eigenvalue weighted by Gasteiger charge is 2.22. The molecule has 1 atom stereocenters. The van der Waals surface area contributed by atoms with Gasteiger partial charge in [0.15, 0.2) is 0 Å². The predicted molar refractivity (Wildman–Crippen MR) is 87.2 cm³/mol. The van der Waals surface area contributed by atoms with Crippen molar-refractivity contribution in [2.45, 2.75) is 32.3 Å². The monoisotopic (exact) mass is 313 g/mol. The summed E-state index contributed by atoms with van der Waals surface area (Å²) in [7, 11) is 0. The predicted octanol–water partition coefficient (Wildman–Crippen LogP) is 4.03. The molecule has 1 aliphatic rings. The van der Waals surface area contributed by atoms with Gasteiger partial charge in [-0.05, 0) is 73.7 Å². The molecule has 0 aliphatic heterocycles. The Morgan fingerprint density at radius 2 is 2.04 bits per heavy atom. The molecule has 3 nitrogen and oxygen atoms in total. The number of ether oxygens (including phenoxy) is 1. The van der Waals surface area contributed by atoms with Crippen molar-refractivity contribution in [3.8, 4) is 5.75 Å². The SMILES string of the molecule is CCNC(=O)c1ccc(O[C@H]2CCCc3ccc(F)cc32)cc1. The summed E-state index contributed by atoms with van der Waals surface area (Å²) in [5.74, 6) is 0.370. The smallest absolute Gasteiger partial charge is 0.251 e. The van der Waals surface area contributed by atoms with Gasteiger partial charge in [0, 0.05) is 12.1 Å². The van der Waals surface area contributed by atoms with E-state index < -0.39 is 0 Å². The molecule has 23 heavy (non-hydrogen) atoms.